The molecule has 0 saturated carbocycles. The van der Waals surface area contributed by atoms with Crippen LogP contribution < -0.4 is 0 Å². The first kappa shape index (κ1) is 3.37. The molecule has 5 heavy (non-hydrogen) atoms. The van der Waals surface area contributed by atoms with Crippen LogP contribution in [-0.2, 0) is 0 Å². The molecule has 1 rings (SSSR count). The standard InChI is InChI=1S/C3H6NSi/c5-4-2-1-3-4/h1-3H2. The van der Waals surface area contributed by atoms with Gasteiger partial charge in [0.2, 0.25) is 0 Å². The van der Waals surface area contributed by atoms with Crippen LogP contribution in [0.4, 0.5) is 0 Å². The maximum absolute atomic E-state index is 3.34. The highest BCUT2D eigenvalue weighted by atomic mass is 28.2. The molecule has 0 amide bonds. The molecular formula is C3H6NSi. The van der Waals surface area contributed by atoms with Crippen molar-refractivity contribution in [2.45, 2.75) is 6.42 Å². The Hall–Kier alpha value is 0.177. The lowest BCUT2D eigenvalue weighted by molar-refractivity contribution is 0.328. The zero-order valence-corrected chi connectivity index (χ0v) is 4.07. The normalized spacial score (nSPS) is 25.8. The Labute approximate surface area is 35.5 Å². The molecule has 0 aromatic heterocycles. The van der Waals surface area contributed by atoms with Gasteiger partial charge in [0.15, 0.2) is 0 Å². The van der Waals surface area contributed by atoms with Gasteiger partial charge in [0.1, 0.15) is 10.4 Å². The third kappa shape index (κ3) is 0.519. The third-order valence-electron chi connectivity index (χ3n) is 0.856. The van der Waals surface area contributed by atoms with Gasteiger partial charge >= 0.3 is 0 Å². The van der Waals surface area contributed by atoms with Crippen molar-refractivity contribution >= 4 is 10.4 Å². The Kier molecular flexibility index (Phi) is 0.745. The van der Waals surface area contributed by atoms with E-state index in [1.807, 2.05) is 0 Å². The van der Waals surface area contributed by atoms with Crippen molar-refractivity contribution in [1.29, 1.82) is 0 Å². The predicted molar refractivity (Wildman–Crippen MR) is 21.9 cm³/mol. The highest BCUT2D eigenvalue weighted by Crippen LogP contribution is 1.97. The van der Waals surface area contributed by atoms with Crippen LogP contribution in [-0.4, -0.2) is 28.1 Å². The molecule has 0 aromatic rings. The topological polar surface area (TPSA) is 3.24 Å². The first-order valence-corrected chi connectivity index (χ1v) is 2.30. The average Bonchev–Trinajstić information content (AvgIpc) is 1.30. The van der Waals surface area contributed by atoms with Crippen molar-refractivity contribution in [3.05, 3.63) is 0 Å². The first-order valence-electron chi connectivity index (χ1n) is 1.86. The smallest absolute Gasteiger partial charge is 0.143 e. The van der Waals surface area contributed by atoms with Crippen molar-refractivity contribution in [3.63, 3.8) is 0 Å². The summed E-state index contributed by atoms with van der Waals surface area (Å²) in [5.41, 5.74) is 0. The van der Waals surface area contributed by atoms with Crippen molar-refractivity contribution in [1.82, 2.24) is 4.57 Å². The molecule has 1 aliphatic heterocycles. The lowest BCUT2D eigenvalue weighted by Crippen LogP contribution is -2.34. The Bertz CT molecular complexity index is 33.9. The summed E-state index contributed by atoms with van der Waals surface area (Å²) in [4.78, 5) is 0. The van der Waals surface area contributed by atoms with E-state index in [1.165, 1.54) is 19.5 Å². The minimum absolute atomic E-state index is 1.23. The average molecular weight is 84.2 g/mol. The van der Waals surface area contributed by atoms with Crippen LogP contribution >= 0.6 is 0 Å². The van der Waals surface area contributed by atoms with E-state index in [2.05, 4.69) is 15.0 Å². The van der Waals surface area contributed by atoms with E-state index in [4.69, 9.17) is 0 Å². The van der Waals surface area contributed by atoms with Crippen molar-refractivity contribution in [3.8, 4) is 0 Å². The maximum Gasteiger partial charge on any atom is 0.143 e. The Morgan fingerprint density at radius 3 is 1.80 bits per heavy atom. The lowest BCUT2D eigenvalue weighted by Gasteiger charge is -2.24. The van der Waals surface area contributed by atoms with Gasteiger partial charge in [0.05, 0.1) is 0 Å². The quantitative estimate of drug-likeness (QED) is 0.367. The molecule has 1 heterocycles. The molecule has 0 bridgehead atoms. The van der Waals surface area contributed by atoms with Gasteiger partial charge < -0.3 is 4.57 Å². The van der Waals surface area contributed by atoms with E-state index in [0.717, 1.165) is 0 Å². The molecular weight excluding hydrogens is 78.1 g/mol. The second kappa shape index (κ2) is 1.10. The molecule has 0 aliphatic carbocycles. The molecule has 1 saturated heterocycles. The van der Waals surface area contributed by atoms with Crippen LogP contribution in [0.1, 0.15) is 6.42 Å². The Balaban J connectivity index is 2.08. The van der Waals surface area contributed by atoms with Crippen LogP contribution in [0.3, 0.4) is 0 Å². The summed E-state index contributed by atoms with van der Waals surface area (Å²) in [6.45, 7) is 2.47. The Morgan fingerprint density at radius 1 is 1.40 bits per heavy atom. The molecule has 1 aliphatic rings. The molecule has 1 nitrogen and oxygen atoms in total. The van der Waals surface area contributed by atoms with E-state index in [1.54, 1.807) is 0 Å². The van der Waals surface area contributed by atoms with E-state index in [-0.39, 0.29) is 0 Å². The second-order valence-electron chi connectivity index (χ2n) is 1.34. The fourth-order valence-electron chi connectivity index (χ4n) is 0.316. The zero-order valence-electron chi connectivity index (χ0n) is 3.07. The SMILES string of the molecule is [Si]N1CCC1. The highest BCUT2D eigenvalue weighted by molar-refractivity contribution is 6.04. The van der Waals surface area contributed by atoms with Gasteiger partial charge in [-0.2, -0.15) is 0 Å². The molecule has 0 unspecified atom stereocenters. The van der Waals surface area contributed by atoms with Gasteiger partial charge in [-0.1, -0.05) is 0 Å². The summed E-state index contributed by atoms with van der Waals surface area (Å²) < 4.78 is 2.11. The van der Waals surface area contributed by atoms with Crippen LogP contribution in [0.25, 0.3) is 0 Å². The number of hydrogen-bond donors (Lipinski definition) is 0. The molecule has 0 atom stereocenters. The lowest BCUT2D eigenvalue weighted by atomic mass is 10.3. The molecule has 0 aromatic carbocycles. The summed E-state index contributed by atoms with van der Waals surface area (Å²) >= 11 is 0. The van der Waals surface area contributed by atoms with Gasteiger partial charge in [-0.05, 0) is 19.5 Å². The largest absolute Gasteiger partial charge is 0.327 e. The molecule has 0 N–H and O–H groups in total. The predicted octanol–water partition coefficient (Wildman–Crippen LogP) is -0.224. The fraction of sp³-hybridized carbons (Fsp3) is 1.00. The van der Waals surface area contributed by atoms with E-state index >= 15 is 0 Å². The monoisotopic (exact) mass is 84.0 g/mol. The van der Waals surface area contributed by atoms with E-state index < -0.39 is 0 Å². The van der Waals surface area contributed by atoms with Crippen LogP contribution in [0.2, 0.25) is 0 Å². The van der Waals surface area contributed by atoms with Crippen LogP contribution in [0.5, 0.6) is 0 Å². The van der Waals surface area contributed by atoms with Crippen molar-refractivity contribution < 1.29 is 0 Å². The summed E-state index contributed by atoms with van der Waals surface area (Å²) in [5, 5.41) is 0. The van der Waals surface area contributed by atoms with Crippen LogP contribution in [0.15, 0.2) is 0 Å². The summed E-state index contributed by atoms with van der Waals surface area (Å²) in [7, 11) is 3.34. The molecule has 3 radical (unpaired) electrons. The molecule has 0 spiro atoms. The number of nitrogens with zero attached hydrogens (tertiary/aromatic N) is 1. The fourth-order valence-corrected chi connectivity index (χ4v) is 0.632. The van der Waals surface area contributed by atoms with Gasteiger partial charge in [0, 0.05) is 0 Å². The minimum Gasteiger partial charge on any atom is -0.327 e. The molecule has 27 valence electrons. The van der Waals surface area contributed by atoms with E-state index in [0.29, 0.717) is 0 Å². The van der Waals surface area contributed by atoms with Crippen LogP contribution in [0, 0.1) is 0 Å². The summed E-state index contributed by atoms with van der Waals surface area (Å²) in [5.74, 6) is 0. The zero-order chi connectivity index (χ0) is 3.70. The van der Waals surface area contributed by atoms with Gasteiger partial charge in [-0.25, -0.2) is 0 Å². The van der Waals surface area contributed by atoms with Gasteiger partial charge in [-0.15, -0.1) is 0 Å². The van der Waals surface area contributed by atoms with Crippen molar-refractivity contribution in [2.75, 3.05) is 13.1 Å². The molecule has 1 fully saturated rings. The number of rotatable bonds is 0. The third-order valence-corrected chi connectivity index (χ3v) is 1.30. The highest BCUT2D eigenvalue weighted by Gasteiger charge is 2.04. The van der Waals surface area contributed by atoms with Gasteiger partial charge in [-0.3, -0.25) is 0 Å². The second-order valence-corrected chi connectivity index (χ2v) is 1.97. The first-order chi connectivity index (χ1) is 2.39. The molecule has 2 heteroatoms. The van der Waals surface area contributed by atoms with E-state index in [9.17, 15) is 0 Å². The van der Waals surface area contributed by atoms with Gasteiger partial charge in [0.25, 0.3) is 0 Å². The Morgan fingerprint density at radius 2 is 1.80 bits per heavy atom. The maximum atomic E-state index is 3.34. The van der Waals surface area contributed by atoms with Crippen molar-refractivity contribution in [2.24, 2.45) is 0 Å². The summed E-state index contributed by atoms with van der Waals surface area (Å²) in [6.07, 6.45) is 1.36. The summed E-state index contributed by atoms with van der Waals surface area (Å²) in [6, 6.07) is 0. The number of hydrogen-bond acceptors (Lipinski definition) is 1. The minimum atomic E-state index is 1.23.